The van der Waals surface area contributed by atoms with Crippen LogP contribution in [0.1, 0.15) is 25.7 Å². The molecule has 2 aliphatic rings. The Morgan fingerprint density at radius 3 is 1.60 bits per heavy atom. The fourth-order valence-corrected chi connectivity index (χ4v) is 11.7. The van der Waals surface area contributed by atoms with E-state index in [2.05, 4.69) is 42.2 Å². The van der Waals surface area contributed by atoms with Crippen LogP contribution >= 0.6 is 38.7 Å². The molecule has 2 fully saturated rings. The van der Waals surface area contributed by atoms with E-state index in [9.17, 15) is 0 Å². The molecule has 0 aromatic heterocycles. The van der Waals surface area contributed by atoms with Gasteiger partial charge in [0.1, 0.15) is 0 Å². The Labute approximate surface area is 88.8 Å². The van der Waals surface area contributed by atoms with Gasteiger partial charge in [0, 0.05) is 0 Å². The first-order valence-corrected chi connectivity index (χ1v) is 17.4. The van der Waals surface area contributed by atoms with Crippen LogP contribution in [-0.4, -0.2) is 15.5 Å². The van der Waals surface area contributed by atoms with Gasteiger partial charge >= 0.3 is 90.1 Å². The quantitative estimate of drug-likeness (QED) is 0.494. The summed E-state index contributed by atoms with van der Waals surface area (Å²) >= 11 is 5.37. The molecule has 0 unspecified atom stereocenters. The number of rotatable bonds is 3. The van der Waals surface area contributed by atoms with Crippen molar-refractivity contribution in [2.75, 3.05) is 0 Å². The summed E-state index contributed by atoms with van der Waals surface area (Å²) in [5.74, 6) is 0. The first-order chi connectivity index (χ1) is 4.79. The van der Waals surface area contributed by atoms with Gasteiger partial charge in [0.25, 0.3) is 0 Å². The maximum absolute atomic E-state index is 2.85. The van der Waals surface area contributed by atoms with Gasteiger partial charge in [-0.25, -0.2) is 0 Å². The zero-order valence-corrected chi connectivity index (χ0v) is 12.1. The fourth-order valence-electron chi connectivity index (χ4n) is 1.08. The molecule has 0 heterocycles. The summed E-state index contributed by atoms with van der Waals surface area (Å²) in [6, 6.07) is 2.07. The van der Waals surface area contributed by atoms with Crippen molar-refractivity contribution in [3.63, 3.8) is 0 Å². The zero-order chi connectivity index (χ0) is 7.14. The molecule has 0 N–H and O–H groups in total. The second-order valence-electron chi connectivity index (χ2n) is 2.93. The predicted octanol–water partition coefficient (Wildman–Crippen LogP) is 2.85. The van der Waals surface area contributed by atoms with Gasteiger partial charge in [-0.05, 0) is 0 Å². The summed E-state index contributed by atoms with van der Waals surface area (Å²) in [7, 11) is -0.668. The average molecular weight is 545 g/mol. The molecule has 0 bridgehead atoms. The Balaban J connectivity index is 1.92. The van der Waals surface area contributed by atoms with E-state index in [0.717, 1.165) is 12.1 Å². The minimum absolute atomic E-state index is 0.668. The van der Waals surface area contributed by atoms with Crippen LogP contribution in [-0.2, 0) is 10.2 Å². The summed E-state index contributed by atoms with van der Waals surface area (Å²) in [6.45, 7) is 0. The minimum atomic E-state index is -0.668. The third-order valence-electron chi connectivity index (χ3n) is 1.87. The number of hydrogen-bond acceptors (Lipinski definition) is 1. The second-order valence-corrected chi connectivity index (χ2v) is 26.5. The molecular formula is C6H10I2NPt. The zero-order valence-electron chi connectivity index (χ0n) is 5.50. The first-order valence-electron chi connectivity index (χ1n) is 3.53. The predicted molar refractivity (Wildman–Crippen MR) is 55.9 cm³/mol. The van der Waals surface area contributed by atoms with Crippen molar-refractivity contribution in [1.82, 2.24) is 3.46 Å². The summed E-state index contributed by atoms with van der Waals surface area (Å²) in [5.41, 5.74) is 0. The molecule has 2 rings (SSSR count). The van der Waals surface area contributed by atoms with Gasteiger partial charge in [-0.15, -0.1) is 0 Å². The van der Waals surface area contributed by atoms with Gasteiger partial charge in [-0.3, -0.25) is 0 Å². The van der Waals surface area contributed by atoms with Crippen molar-refractivity contribution in [3.05, 3.63) is 0 Å². The van der Waals surface area contributed by atoms with Gasteiger partial charge in [-0.1, -0.05) is 0 Å². The van der Waals surface area contributed by atoms with E-state index in [1.165, 1.54) is 25.7 Å². The Bertz CT molecular complexity index is 119. The van der Waals surface area contributed by atoms with Crippen molar-refractivity contribution in [2.45, 2.75) is 37.8 Å². The monoisotopic (exact) mass is 545 g/mol. The number of halogens is 2. The van der Waals surface area contributed by atoms with E-state index < -0.39 is 10.2 Å². The van der Waals surface area contributed by atoms with Crippen molar-refractivity contribution < 1.29 is 10.2 Å². The molecule has 0 radical (unpaired) electrons. The Morgan fingerprint density at radius 1 is 1.00 bits per heavy atom. The molecule has 10 heavy (non-hydrogen) atoms. The van der Waals surface area contributed by atoms with Gasteiger partial charge in [0.2, 0.25) is 0 Å². The second kappa shape index (κ2) is 3.46. The number of nitrogens with zero attached hydrogens (tertiary/aromatic N) is 1. The standard InChI is InChI=1S/C6H10N.2HI.Pt/c1-2-5(1)7-6-3-4-6;;;/h5-6H,1-4H2;2*1H;/q-1;;;+3/p-2. The molecular weight excluding hydrogens is 535 g/mol. The van der Waals surface area contributed by atoms with Crippen LogP contribution in [0.25, 0.3) is 0 Å². The third-order valence-corrected chi connectivity index (χ3v) is 10.2. The average Bonchev–Trinajstić information content (AvgIpc) is 2.49. The third kappa shape index (κ3) is 2.07. The summed E-state index contributed by atoms with van der Waals surface area (Å²) < 4.78 is 2.85. The van der Waals surface area contributed by atoms with E-state index in [1.807, 2.05) is 0 Å². The van der Waals surface area contributed by atoms with Gasteiger partial charge < -0.3 is 0 Å². The molecule has 0 atom stereocenters. The maximum atomic E-state index is 2.85. The summed E-state index contributed by atoms with van der Waals surface area (Å²) in [4.78, 5) is 0. The molecule has 0 saturated heterocycles. The molecule has 0 aromatic carbocycles. The van der Waals surface area contributed by atoms with E-state index in [1.54, 1.807) is 0 Å². The molecule has 0 amide bonds. The van der Waals surface area contributed by atoms with Crippen molar-refractivity contribution in [2.24, 2.45) is 0 Å². The van der Waals surface area contributed by atoms with E-state index in [4.69, 9.17) is 0 Å². The van der Waals surface area contributed by atoms with Crippen LogP contribution in [0.15, 0.2) is 0 Å². The van der Waals surface area contributed by atoms with E-state index in [0.29, 0.717) is 0 Å². The molecule has 1 nitrogen and oxygen atoms in total. The molecule has 0 aliphatic heterocycles. The van der Waals surface area contributed by atoms with Gasteiger partial charge in [0.05, 0.1) is 0 Å². The molecule has 4 heteroatoms. The van der Waals surface area contributed by atoms with Gasteiger partial charge in [0.15, 0.2) is 0 Å². The fraction of sp³-hybridized carbons (Fsp3) is 1.00. The van der Waals surface area contributed by atoms with Crippen molar-refractivity contribution >= 4 is 38.7 Å². The first kappa shape index (κ1) is 8.70. The Morgan fingerprint density at radius 2 is 1.40 bits per heavy atom. The van der Waals surface area contributed by atoms with E-state index in [-0.39, 0.29) is 0 Å². The normalized spacial score (nSPS) is 27.3. The van der Waals surface area contributed by atoms with Crippen LogP contribution in [0.2, 0.25) is 0 Å². The van der Waals surface area contributed by atoms with Crippen LogP contribution in [0.4, 0.5) is 0 Å². The summed E-state index contributed by atoms with van der Waals surface area (Å²) in [5, 5.41) is 0. The summed E-state index contributed by atoms with van der Waals surface area (Å²) in [6.07, 6.45) is 5.99. The molecule has 2 saturated carbocycles. The molecule has 63 valence electrons. The van der Waals surface area contributed by atoms with Crippen molar-refractivity contribution in [1.29, 1.82) is 0 Å². The Hall–Kier alpha value is 2.11. The van der Waals surface area contributed by atoms with Crippen molar-refractivity contribution in [3.8, 4) is 0 Å². The SMILES string of the molecule is [I][Pt]([I])[N](C1CC1)C1CC1. The van der Waals surface area contributed by atoms with Crippen LogP contribution in [0.3, 0.4) is 0 Å². The van der Waals surface area contributed by atoms with Crippen LogP contribution in [0, 0.1) is 0 Å². The van der Waals surface area contributed by atoms with Gasteiger partial charge in [-0.2, -0.15) is 0 Å². The molecule has 0 spiro atoms. The topological polar surface area (TPSA) is 3.24 Å². The number of hydrogen-bond donors (Lipinski definition) is 0. The van der Waals surface area contributed by atoms with E-state index >= 15 is 0 Å². The van der Waals surface area contributed by atoms with Crippen LogP contribution < -0.4 is 0 Å². The Kier molecular flexibility index (Phi) is 3.01. The van der Waals surface area contributed by atoms with Crippen LogP contribution in [0.5, 0.6) is 0 Å². The molecule has 2 aliphatic carbocycles. The molecule has 0 aromatic rings.